The van der Waals surface area contributed by atoms with Gasteiger partial charge in [-0.3, -0.25) is 0 Å². The van der Waals surface area contributed by atoms with E-state index in [4.69, 9.17) is 0 Å². The summed E-state index contributed by atoms with van der Waals surface area (Å²) >= 11 is 0. The molecule has 2 aliphatic rings. The fourth-order valence-electron chi connectivity index (χ4n) is 4.18. The Morgan fingerprint density at radius 1 is 1.11 bits per heavy atom. The van der Waals surface area contributed by atoms with Crippen LogP contribution in [-0.2, 0) is 16.6 Å². The lowest BCUT2D eigenvalue weighted by atomic mass is 10.1. The number of nitrogens with zero attached hydrogens (tertiary/aromatic N) is 1. The number of carbonyl (C=O) groups is 1. The molecule has 3 atom stereocenters. The van der Waals surface area contributed by atoms with Crippen molar-refractivity contribution in [2.45, 2.75) is 36.4 Å². The Labute approximate surface area is 163 Å². The van der Waals surface area contributed by atoms with Gasteiger partial charge in [0.1, 0.15) is 5.82 Å². The second-order valence-electron chi connectivity index (χ2n) is 7.39. The van der Waals surface area contributed by atoms with E-state index in [0.29, 0.717) is 12.1 Å². The number of fused-ring (bicyclic) bond motifs is 2. The highest BCUT2D eigenvalue weighted by Gasteiger charge is 2.48. The van der Waals surface area contributed by atoms with Gasteiger partial charge in [0.2, 0.25) is 10.0 Å². The maximum absolute atomic E-state index is 13.3. The van der Waals surface area contributed by atoms with Gasteiger partial charge in [-0.05, 0) is 48.6 Å². The summed E-state index contributed by atoms with van der Waals surface area (Å²) in [4.78, 5) is 14.5. The van der Waals surface area contributed by atoms with Crippen molar-refractivity contribution in [2.24, 2.45) is 5.92 Å². The molecule has 1 saturated heterocycles. The van der Waals surface area contributed by atoms with E-state index in [2.05, 4.69) is 10.0 Å². The first-order valence-electron chi connectivity index (χ1n) is 9.29. The van der Waals surface area contributed by atoms with E-state index in [1.165, 1.54) is 12.1 Å². The third-order valence-electron chi connectivity index (χ3n) is 5.44. The van der Waals surface area contributed by atoms with E-state index in [1.54, 1.807) is 47.4 Å². The number of carbonyl (C=O) groups excluding carboxylic acids is 1. The number of hydrogen-bond acceptors (Lipinski definition) is 3. The van der Waals surface area contributed by atoms with Crippen LogP contribution >= 0.6 is 0 Å². The molecule has 0 radical (unpaired) electrons. The van der Waals surface area contributed by atoms with Crippen molar-refractivity contribution >= 4 is 16.1 Å². The predicted octanol–water partition coefficient (Wildman–Crippen LogP) is 2.48. The Morgan fingerprint density at radius 3 is 2.61 bits per heavy atom. The summed E-state index contributed by atoms with van der Waals surface area (Å²) in [5.41, 5.74) is 0.680. The van der Waals surface area contributed by atoms with Crippen LogP contribution < -0.4 is 10.0 Å². The number of urea groups is 1. The van der Waals surface area contributed by atoms with Crippen LogP contribution in [0.3, 0.4) is 0 Å². The quantitative estimate of drug-likeness (QED) is 0.805. The molecule has 0 aromatic heterocycles. The van der Waals surface area contributed by atoms with E-state index < -0.39 is 10.0 Å². The minimum atomic E-state index is -3.63. The molecule has 1 aliphatic carbocycles. The first-order valence-corrected chi connectivity index (χ1v) is 10.8. The Bertz CT molecular complexity index is 968. The SMILES string of the molecule is O=C(NCc1cccc(F)c1)N1CC2CC(NS(=O)(=O)c3ccccc3)C1C2. The highest BCUT2D eigenvalue weighted by atomic mass is 32.2. The van der Waals surface area contributed by atoms with Gasteiger partial charge in [0.25, 0.3) is 0 Å². The van der Waals surface area contributed by atoms with Crippen LogP contribution in [0.25, 0.3) is 0 Å². The molecule has 2 fully saturated rings. The van der Waals surface area contributed by atoms with Crippen LogP contribution in [0, 0.1) is 11.7 Å². The van der Waals surface area contributed by atoms with Gasteiger partial charge in [-0.2, -0.15) is 0 Å². The van der Waals surface area contributed by atoms with Gasteiger partial charge >= 0.3 is 6.03 Å². The zero-order valence-electron chi connectivity index (χ0n) is 15.2. The van der Waals surface area contributed by atoms with Crippen LogP contribution in [0.4, 0.5) is 9.18 Å². The Morgan fingerprint density at radius 2 is 1.89 bits per heavy atom. The van der Waals surface area contributed by atoms with Gasteiger partial charge in [0.15, 0.2) is 0 Å². The van der Waals surface area contributed by atoms with Crippen LogP contribution in [0.1, 0.15) is 18.4 Å². The summed E-state index contributed by atoms with van der Waals surface area (Å²) in [6, 6.07) is 13.6. The molecule has 2 amide bonds. The molecule has 6 nitrogen and oxygen atoms in total. The van der Waals surface area contributed by atoms with Crippen molar-refractivity contribution in [1.29, 1.82) is 0 Å². The summed E-state index contributed by atoms with van der Waals surface area (Å²) in [5.74, 6) is -0.0595. The van der Waals surface area contributed by atoms with Crippen molar-refractivity contribution in [3.05, 3.63) is 66.0 Å². The molecule has 2 aromatic rings. The zero-order valence-corrected chi connectivity index (χ0v) is 16.0. The Balaban J connectivity index is 1.40. The maximum Gasteiger partial charge on any atom is 0.317 e. The minimum Gasteiger partial charge on any atom is -0.334 e. The van der Waals surface area contributed by atoms with E-state index >= 15 is 0 Å². The average molecular weight is 403 g/mol. The largest absolute Gasteiger partial charge is 0.334 e. The first kappa shape index (κ1) is 18.9. The standard InChI is InChI=1S/C20H22FN3O3S/c21-16-6-4-5-14(9-16)12-22-20(25)24-13-15-10-18(19(24)11-15)23-28(26,27)17-7-2-1-3-8-17/h1-9,15,18-19,23H,10-13H2,(H,22,25). The van der Waals surface area contributed by atoms with Crippen molar-refractivity contribution in [1.82, 2.24) is 14.9 Å². The normalized spacial score (nSPS) is 23.8. The van der Waals surface area contributed by atoms with Crippen LogP contribution in [0.15, 0.2) is 59.5 Å². The summed E-state index contributed by atoms with van der Waals surface area (Å²) in [6.45, 7) is 0.841. The molecule has 148 valence electrons. The summed E-state index contributed by atoms with van der Waals surface area (Å²) in [7, 11) is -3.63. The van der Waals surface area contributed by atoms with Crippen LogP contribution in [0.5, 0.6) is 0 Å². The van der Waals surface area contributed by atoms with Crippen LogP contribution in [0.2, 0.25) is 0 Å². The number of benzene rings is 2. The number of likely N-dealkylation sites (tertiary alicyclic amines) is 1. The molecule has 28 heavy (non-hydrogen) atoms. The molecule has 1 saturated carbocycles. The molecule has 3 unspecified atom stereocenters. The van der Waals surface area contributed by atoms with E-state index in [0.717, 1.165) is 12.8 Å². The topological polar surface area (TPSA) is 78.5 Å². The monoisotopic (exact) mass is 403 g/mol. The molecule has 8 heteroatoms. The Hall–Kier alpha value is -2.45. The van der Waals surface area contributed by atoms with Gasteiger partial charge < -0.3 is 10.2 Å². The lowest BCUT2D eigenvalue weighted by Gasteiger charge is -2.33. The molecule has 2 bridgehead atoms. The number of nitrogens with one attached hydrogen (secondary N) is 2. The highest BCUT2D eigenvalue weighted by Crippen LogP contribution is 2.38. The van der Waals surface area contributed by atoms with Crippen molar-refractivity contribution in [3.8, 4) is 0 Å². The van der Waals surface area contributed by atoms with Crippen LogP contribution in [-0.4, -0.2) is 38.0 Å². The lowest BCUT2D eigenvalue weighted by Crippen LogP contribution is -2.54. The molecule has 2 aromatic carbocycles. The fourth-order valence-corrected chi connectivity index (χ4v) is 5.48. The molecule has 0 spiro atoms. The van der Waals surface area contributed by atoms with Crippen molar-refractivity contribution in [3.63, 3.8) is 0 Å². The highest BCUT2D eigenvalue weighted by molar-refractivity contribution is 7.89. The van der Waals surface area contributed by atoms with Gasteiger partial charge in [0, 0.05) is 19.1 Å². The number of amides is 2. The van der Waals surface area contributed by atoms with E-state index in [1.807, 2.05) is 0 Å². The summed E-state index contributed by atoms with van der Waals surface area (Å²) in [6.07, 6.45) is 1.51. The third-order valence-corrected chi connectivity index (χ3v) is 6.94. The van der Waals surface area contributed by atoms with Gasteiger partial charge in [-0.15, -0.1) is 0 Å². The molecule has 2 N–H and O–H groups in total. The number of piperidine rings is 1. The van der Waals surface area contributed by atoms with Gasteiger partial charge in [-0.25, -0.2) is 22.3 Å². The van der Waals surface area contributed by atoms with E-state index in [9.17, 15) is 17.6 Å². The third kappa shape index (κ3) is 3.88. The number of rotatable bonds is 5. The molecule has 4 rings (SSSR count). The number of hydrogen-bond donors (Lipinski definition) is 2. The predicted molar refractivity (Wildman–Crippen MR) is 102 cm³/mol. The number of halogens is 1. The first-order chi connectivity index (χ1) is 13.4. The second kappa shape index (κ2) is 7.52. The average Bonchev–Trinajstić information content (AvgIpc) is 3.27. The van der Waals surface area contributed by atoms with Gasteiger partial charge in [0.05, 0.1) is 10.9 Å². The van der Waals surface area contributed by atoms with Crippen molar-refractivity contribution in [2.75, 3.05) is 6.54 Å². The molecule has 1 aliphatic heterocycles. The lowest BCUT2D eigenvalue weighted by molar-refractivity contribution is 0.170. The Kier molecular flexibility index (Phi) is 5.07. The van der Waals surface area contributed by atoms with Crippen molar-refractivity contribution < 1.29 is 17.6 Å². The molecular formula is C20H22FN3O3S. The van der Waals surface area contributed by atoms with E-state index in [-0.39, 0.29) is 41.3 Å². The smallest absolute Gasteiger partial charge is 0.317 e. The second-order valence-corrected chi connectivity index (χ2v) is 9.10. The van der Waals surface area contributed by atoms with Gasteiger partial charge in [-0.1, -0.05) is 30.3 Å². The zero-order chi connectivity index (χ0) is 19.7. The summed E-state index contributed by atoms with van der Waals surface area (Å²) in [5, 5.41) is 2.81. The molecular weight excluding hydrogens is 381 g/mol. The maximum atomic E-state index is 13.3. The summed E-state index contributed by atoms with van der Waals surface area (Å²) < 4.78 is 41.3. The molecule has 1 heterocycles. The number of sulfonamides is 1. The minimum absolute atomic E-state index is 0.170. The fraction of sp³-hybridized carbons (Fsp3) is 0.350.